The van der Waals surface area contributed by atoms with E-state index in [4.69, 9.17) is 10.5 Å². The number of nitrogens with one attached hydrogen (secondary N) is 2. The van der Waals surface area contributed by atoms with Gasteiger partial charge in [-0.05, 0) is 44.5 Å². The summed E-state index contributed by atoms with van der Waals surface area (Å²) in [5.74, 6) is 0. The normalized spacial score (nSPS) is 17.5. The quantitative estimate of drug-likeness (QED) is 0.685. The fourth-order valence-electron chi connectivity index (χ4n) is 2.30. The highest BCUT2D eigenvalue weighted by Crippen LogP contribution is 2.35. The van der Waals surface area contributed by atoms with E-state index in [1.807, 2.05) is 0 Å². The van der Waals surface area contributed by atoms with Crippen LogP contribution < -0.4 is 15.8 Å². The number of nitrogen functional groups attached to an aromatic ring is 1. The van der Waals surface area contributed by atoms with Gasteiger partial charge in [-0.2, -0.15) is 0 Å². The van der Waals surface area contributed by atoms with Gasteiger partial charge in [0.05, 0.1) is 11.3 Å². The number of methoxy groups -OCH3 is 1. The van der Waals surface area contributed by atoms with Gasteiger partial charge in [0.2, 0.25) is 10.0 Å². The van der Waals surface area contributed by atoms with Crippen LogP contribution in [0.1, 0.15) is 19.3 Å². The lowest BCUT2D eigenvalue weighted by atomic mass is 9.80. The first-order valence-corrected chi connectivity index (χ1v) is 8.03. The molecule has 4 N–H and O–H groups in total. The van der Waals surface area contributed by atoms with Crippen LogP contribution in [0, 0.1) is 0 Å². The van der Waals surface area contributed by atoms with Gasteiger partial charge in [0.25, 0.3) is 0 Å². The molecule has 1 aromatic carbocycles. The molecule has 2 rings (SSSR count). The lowest BCUT2D eigenvalue weighted by Crippen LogP contribution is -2.45. The van der Waals surface area contributed by atoms with Crippen molar-refractivity contribution in [2.75, 3.05) is 31.8 Å². The topological polar surface area (TPSA) is 93.5 Å². The van der Waals surface area contributed by atoms with Crippen molar-refractivity contribution in [3.8, 4) is 0 Å². The highest BCUT2D eigenvalue weighted by Gasteiger charge is 2.37. The molecule has 0 heterocycles. The molecule has 6 nitrogen and oxygen atoms in total. The van der Waals surface area contributed by atoms with E-state index in [0.29, 0.717) is 17.9 Å². The highest BCUT2D eigenvalue weighted by atomic mass is 32.2. The van der Waals surface area contributed by atoms with Gasteiger partial charge in [-0.15, -0.1) is 0 Å². The molecule has 0 aliphatic heterocycles. The van der Waals surface area contributed by atoms with Gasteiger partial charge in [-0.3, -0.25) is 0 Å². The van der Waals surface area contributed by atoms with Gasteiger partial charge in [0.15, 0.2) is 0 Å². The number of hydrogen-bond acceptors (Lipinski definition) is 5. The van der Waals surface area contributed by atoms with E-state index in [-0.39, 0.29) is 10.5 Å². The number of rotatable bonds is 6. The van der Waals surface area contributed by atoms with E-state index in [2.05, 4.69) is 10.0 Å². The third-order valence-electron chi connectivity index (χ3n) is 3.86. The Labute approximate surface area is 119 Å². The Morgan fingerprint density at radius 2 is 2.10 bits per heavy atom. The Balaban J connectivity index is 2.23. The van der Waals surface area contributed by atoms with Gasteiger partial charge in [0.1, 0.15) is 4.90 Å². The summed E-state index contributed by atoms with van der Waals surface area (Å²) in [4.78, 5) is 0.158. The van der Waals surface area contributed by atoms with E-state index in [0.717, 1.165) is 19.3 Å². The van der Waals surface area contributed by atoms with Gasteiger partial charge >= 0.3 is 0 Å². The fourth-order valence-corrected chi connectivity index (χ4v) is 3.24. The summed E-state index contributed by atoms with van der Waals surface area (Å²) in [5, 5.41) is 3.17. The molecule has 0 spiro atoms. The molecule has 7 heteroatoms. The Morgan fingerprint density at radius 1 is 1.40 bits per heavy atom. The smallest absolute Gasteiger partial charge is 0.242 e. The zero-order valence-corrected chi connectivity index (χ0v) is 12.6. The van der Waals surface area contributed by atoms with E-state index in [9.17, 15) is 8.42 Å². The number of benzene rings is 1. The lowest BCUT2D eigenvalue weighted by molar-refractivity contribution is -0.0601. The molecule has 1 aliphatic carbocycles. The summed E-state index contributed by atoms with van der Waals surface area (Å²) in [7, 11) is -0.478. The van der Waals surface area contributed by atoms with Crippen LogP contribution >= 0.6 is 0 Å². The van der Waals surface area contributed by atoms with Crippen LogP contribution in [0.3, 0.4) is 0 Å². The summed E-state index contributed by atoms with van der Waals surface area (Å²) in [6.45, 7) is 0.583. The molecular weight excluding hydrogens is 278 g/mol. The first-order valence-electron chi connectivity index (χ1n) is 6.54. The molecule has 0 saturated heterocycles. The van der Waals surface area contributed by atoms with Crippen LogP contribution in [0.5, 0.6) is 0 Å². The maximum absolute atomic E-state index is 12.0. The number of ether oxygens (including phenoxy) is 1. The minimum absolute atomic E-state index is 0.158. The van der Waals surface area contributed by atoms with Gasteiger partial charge in [0, 0.05) is 19.3 Å². The summed E-state index contributed by atoms with van der Waals surface area (Å²) in [6.07, 6.45) is 3.11. The molecule has 1 aliphatic rings. The van der Waals surface area contributed by atoms with E-state index in [1.54, 1.807) is 19.2 Å². The average molecular weight is 299 g/mol. The minimum atomic E-state index is -3.55. The molecule has 1 fully saturated rings. The molecule has 0 bridgehead atoms. The van der Waals surface area contributed by atoms with Gasteiger partial charge < -0.3 is 15.8 Å². The van der Waals surface area contributed by atoms with Crippen molar-refractivity contribution in [1.82, 2.24) is 4.72 Å². The van der Waals surface area contributed by atoms with Crippen LogP contribution in [0.4, 0.5) is 11.4 Å². The van der Waals surface area contributed by atoms with Crippen LogP contribution in [0.2, 0.25) is 0 Å². The molecule has 0 atom stereocenters. The molecule has 0 aromatic heterocycles. The Morgan fingerprint density at radius 3 is 2.60 bits per heavy atom. The van der Waals surface area contributed by atoms with Crippen molar-refractivity contribution in [2.24, 2.45) is 0 Å². The van der Waals surface area contributed by atoms with E-state index >= 15 is 0 Å². The standard InChI is InChI=1S/C13H21N3O3S/c1-15-20(17,18)12-8-10(14)4-5-11(12)16-9-13(19-2)6-3-7-13/h4-5,8,15-16H,3,6-7,9,14H2,1-2H3. The first-order chi connectivity index (χ1) is 9.42. The monoisotopic (exact) mass is 299 g/mol. The van der Waals surface area contributed by atoms with Gasteiger partial charge in [-0.25, -0.2) is 13.1 Å². The largest absolute Gasteiger partial charge is 0.399 e. The molecular formula is C13H21N3O3S. The Bertz CT molecular complexity index is 577. The SMILES string of the molecule is CNS(=O)(=O)c1cc(N)ccc1NCC1(OC)CCC1. The zero-order valence-electron chi connectivity index (χ0n) is 11.8. The van der Waals surface area contributed by atoms with Crippen molar-refractivity contribution in [3.05, 3.63) is 18.2 Å². The molecule has 0 radical (unpaired) electrons. The van der Waals surface area contributed by atoms with Gasteiger partial charge in [-0.1, -0.05) is 0 Å². The summed E-state index contributed by atoms with van der Waals surface area (Å²) in [5.41, 5.74) is 6.45. The summed E-state index contributed by atoms with van der Waals surface area (Å²) >= 11 is 0. The van der Waals surface area contributed by atoms with E-state index in [1.165, 1.54) is 13.1 Å². The molecule has 112 valence electrons. The third-order valence-corrected chi connectivity index (χ3v) is 5.32. The molecule has 1 saturated carbocycles. The van der Waals surface area contributed by atoms with Crippen molar-refractivity contribution < 1.29 is 13.2 Å². The predicted molar refractivity (Wildman–Crippen MR) is 79.2 cm³/mol. The molecule has 20 heavy (non-hydrogen) atoms. The van der Waals surface area contributed by atoms with Crippen molar-refractivity contribution in [3.63, 3.8) is 0 Å². The predicted octanol–water partition coefficient (Wildman–Crippen LogP) is 1.16. The number of hydrogen-bond donors (Lipinski definition) is 3. The summed E-state index contributed by atoms with van der Waals surface area (Å²) < 4.78 is 31.9. The number of nitrogens with two attached hydrogens (primary N) is 1. The molecule has 0 amide bonds. The second-order valence-corrected chi connectivity index (χ2v) is 6.91. The second kappa shape index (κ2) is 5.59. The van der Waals surface area contributed by atoms with Crippen LogP contribution in [-0.4, -0.2) is 34.7 Å². The van der Waals surface area contributed by atoms with Crippen LogP contribution in [-0.2, 0) is 14.8 Å². The highest BCUT2D eigenvalue weighted by molar-refractivity contribution is 7.89. The molecule has 1 aromatic rings. The minimum Gasteiger partial charge on any atom is -0.399 e. The van der Waals surface area contributed by atoms with Crippen molar-refractivity contribution in [2.45, 2.75) is 29.8 Å². The average Bonchev–Trinajstić information content (AvgIpc) is 2.39. The zero-order chi connectivity index (χ0) is 14.8. The third kappa shape index (κ3) is 2.89. The van der Waals surface area contributed by atoms with E-state index < -0.39 is 10.0 Å². The Hall–Kier alpha value is -1.31. The second-order valence-electron chi connectivity index (χ2n) is 5.06. The number of sulfonamides is 1. The fraction of sp³-hybridized carbons (Fsp3) is 0.538. The van der Waals surface area contributed by atoms with Crippen molar-refractivity contribution in [1.29, 1.82) is 0 Å². The van der Waals surface area contributed by atoms with Crippen molar-refractivity contribution >= 4 is 21.4 Å². The number of anilines is 2. The first kappa shape index (κ1) is 15.1. The van der Waals surface area contributed by atoms with Crippen LogP contribution in [0.25, 0.3) is 0 Å². The Kier molecular flexibility index (Phi) is 4.22. The van der Waals surface area contributed by atoms with Crippen LogP contribution in [0.15, 0.2) is 23.1 Å². The lowest BCUT2D eigenvalue weighted by Gasteiger charge is -2.40. The molecule has 0 unspecified atom stereocenters. The maximum atomic E-state index is 12.0. The maximum Gasteiger partial charge on any atom is 0.242 e. The summed E-state index contributed by atoms with van der Waals surface area (Å²) in [6, 6.07) is 4.81.